The van der Waals surface area contributed by atoms with Gasteiger partial charge in [-0.05, 0) is 32.1 Å². The number of Topliss-reactive ketones (excluding diaryl/α,β-unsaturated/α-hetero) is 1. The molecular formula is C13H19IO. The predicted octanol–water partition coefficient (Wildman–Crippen LogP) is 4.05. The normalized spacial score (nSPS) is 32.6. The molecule has 0 heterocycles. The highest BCUT2D eigenvalue weighted by Gasteiger charge is 2.42. The lowest BCUT2D eigenvalue weighted by molar-refractivity contribution is -0.129. The number of hydrogen-bond donors (Lipinski definition) is 0. The first-order chi connectivity index (χ1) is 7.29. The Morgan fingerprint density at radius 2 is 1.93 bits per heavy atom. The molecule has 2 heteroatoms. The van der Waals surface area contributed by atoms with E-state index in [0.29, 0.717) is 5.78 Å². The largest absolute Gasteiger partial charge is 0.299 e. The van der Waals surface area contributed by atoms with Crippen molar-refractivity contribution in [3.05, 3.63) is 11.6 Å². The second-order valence-electron chi connectivity index (χ2n) is 4.82. The lowest BCUT2D eigenvalue weighted by atomic mass is 9.66. The predicted molar refractivity (Wildman–Crippen MR) is 71.3 cm³/mol. The second-order valence-corrected chi connectivity index (χ2v) is 5.58. The van der Waals surface area contributed by atoms with Gasteiger partial charge in [0.1, 0.15) is 5.78 Å². The second kappa shape index (κ2) is 4.98. The summed E-state index contributed by atoms with van der Waals surface area (Å²) in [5.41, 5.74) is 1.43. The number of hydrogen-bond acceptors (Lipinski definition) is 1. The van der Waals surface area contributed by atoms with Crippen LogP contribution in [0.1, 0.15) is 51.4 Å². The van der Waals surface area contributed by atoms with Gasteiger partial charge < -0.3 is 0 Å². The van der Waals surface area contributed by atoms with Crippen LogP contribution < -0.4 is 0 Å². The quantitative estimate of drug-likeness (QED) is 0.405. The van der Waals surface area contributed by atoms with Crippen molar-refractivity contribution in [3.8, 4) is 0 Å². The lowest BCUT2D eigenvalue weighted by Crippen LogP contribution is -2.36. The van der Waals surface area contributed by atoms with Crippen molar-refractivity contribution in [3.63, 3.8) is 0 Å². The van der Waals surface area contributed by atoms with Gasteiger partial charge in [0, 0.05) is 10.8 Å². The van der Waals surface area contributed by atoms with Gasteiger partial charge in [0.15, 0.2) is 0 Å². The van der Waals surface area contributed by atoms with Crippen molar-refractivity contribution in [2.45, 2.75) is 51.4 Å². The molecule has 84 valence electrons. The summed E-state index contributed by atoms with van der Waals surface area (Å²) in [5.74, 6) is 0.540. The molecule has 2 aliphatic carbocycles. The Kier molecular flexibility index (Phi) is 3.86. The number of carbonyl (C=O) groups excluding carboxylic acids is 1. The van der Waals surface area contributed by atoms with Crippen LogP contribution in [0.3, 0.4) is 0 Å². The van der Waals surface area contributed by atoms with Crippen molar-refractivity contribution < 1.29 is 4.79 Å². The molecule has 0 aromatic rings. The fourth-order valence-electron chi connectivity index (χ4n) is 3.08. The Hall–Kier alpha value is 0.140. The molecule has 0 aromatic heterocycles. The molecule has 2 rings (SSSR count). The van der Waals surface area contributed by atoms with Crippen LogP contribution in [0.5, 0.6) is 0 Å². The molecule has 0 aromatic carbocycles. The van der Waals surface area contributed by atoms with E-state index in [1.165, 1.54) is 31.3 Å². The topological polar surface area (TPSA) is 17.1 Å². The first kappa shape index (κ1) is 11.6. The minimum absolute atomic E-state index is 0.0179. The summed E-state index contributed by atoms with van der Waals surface area (Å²) in [7, 11) is 0. The van der Waals surface area contributed by atoms with E-state index in [1.807, 2.05) is 0 Å². The van der Waals surface area contributed by atoms with E-state index in [9.17, 15) is 4.79 Å². The molecule has 0 saturated heterocycles. The molecule has 0 radical (unpaired) electrons. The molecule has 1 atom stereocenters. The molecule has 0 N–H and O–H groups in total. The van der Waals surface area contributed by atoms with Crippen LogP contribution in [0.4, 0.5) is 0 Å². The maximum atomic E-state index is 12.2. The van der Waals surface area contributed by atoms with E-state index in [4.69, 9.17) is 0 Å². The Labute approximate surface area is 106 Å². The summed E-state index contributed by atoms with van der Waals surface area (Å²) in [5, 5.41) is 0. The van der Waals surface area contributed by atoms with Gasteiger partial charge in [0.25, 0.3) is 0 Å². The van der Waals surface area contributed by atoms with Crippen molar-refractivity contribution >= 4 is 28.4 Å². The van der Waals surface area contributed by atoms with Gasteiger partial charge in [-0.15, -0.1) is 0 Å². The van der Waals surface area contributed by atoms with E-state index in [0.717, 1.165) is 30.1 Å². The first-order valence-corrected chi connectivity index (χ1v) is 7.61. The Bertz CT molecular complexity index is 282. The molecule has 0 amide bonds. The van der Waals surface area contributed by atoms with E-state index < -0.39 is 0 Å². The summed E-state index contributed by atoms with van der Waals surface area (Å²) >= 11 is 2.43. The molecule has 1 unspecified atom stereocenters. The smallest absolute Gasteiger partial charge is 0.143 e. The Balaban J connectivity index is 2.31. The molecule has 1 nitrogen and oxygen atoms in total. The van der Waals surface area contributed by atoms with Crippen molar-refractivity contribution in [2.75, 3.05) is 4.43 Å². The van der Waals surface area contributed by atoms with Gasteiger partial charge in [-0.3, -0.25) is 4.79 Å². The van der Waals surface area contributed by atoms with E-state index in [-0.39, 0.29) is 5.41 Å². The fraction of sp³-hybridized carbons (Fsp3) is 0.769. The summed E-state index contributed by atoms with van der Waals surface area (Å²) in [6.45, 7) is 0. The first-order valence-electron chi connectivity index (χ1n) is 6.08. The zero-order chi connectivity index (χ0) is 10.7. The average Bonchev–Trinajstić information content (AvgIpc) is 2.46. The van der Waals surface area contributed by atoms with Gasteiger partial charge in [-0.2, -0.15) is 0 Å². The van der Waals surface area contributed by atoms with Crippen LogP contribution in [0.25, 0.3) is 0 Å². The van der Waals surface area contributed by atoms with Crippen molar-refractivity contribution in [2.24, 2.45) is 5.41 Å². The Morgan fingerprint density at radius 3 is 2.60 bits per heavy atom. The maximum absolute atomic E-state index is 12.2. The van der Waals surface area contributed by atoms with Crippen LogP contribution in [0.2, 0.25) is 0 Å². The number of carbonyl (C=O) groups is 1. The standard InChI is InChI=1S/C13H19IO/c14-10-11-6-2-1-4-8-13(11)9-5-3-7-12(13)15/h6H,1-5,7-10H2. The summed E-state index contributed by atoms with van der Waals surface area (Å²) in [4.78, 5) is 12.2. The van der Waals surface area contributed by atoms with Crippen LogP contribution >= 0.6 is 22.6 Å². The third-order valence-corrected chi connectivity index (χ3v) is 4.82. The fourth-order valence-corrected chi connectivity index (χ4v) is 4.12. The molecule has 1 fully saturated rings. The summed E-state index contributed by atoms with van der Waals surface area (Å²) in [6, 6.07) is 0. The van der Waals surface area contributed by atoms with Gasteiger partial charge in [-0.1, -0.05) is 47.1 Å². The summed E-state index contributed by atoms with van der Waals surface area (Å²) in [6.07, 6.45) is 11.5. The number of ketones is 1. The van der Waals surface area contributed by atoms with Gasteiger partial charge >= 0.3 is 0 Å². The average molecular weight is 318 g/mol. The molecule has 1 saturated carbocycles. The number of allylic oxidation sites excluding steroid dienone is 2. The monoisotopic (exact) mass is 318 g/mol. The van der Waals surface area contributed by atoms with E-state index >= 15 is 0 Å². The Morgan fingerprint density at radius 1 is 1.20 bits per heavy atom. The molecule has 0 aliphatic heterocycles. The van der Waals surface area contributed by atoms with E-state index in [1.54, 1.807) is 0 Å². The van der Waals surface area contributed by atoms with Crippen LogP contribution in [-0.4, -0.2) is 10.2 Å². The van der Waals surface area contributed by atoms with Crippen molar-refractivity contribution in [1.82, 2.24) is 0 Å². The van der Waals surface area contributed by atoms with Crippen molar-refractivity contribution in [1.29, 1.82) is 0 Å². The van der Waals surface area contributed by atoms with Crippen LogP contribution in [0, 0.1) is 5.41 Å². The molecule has 2 aliphatic rings. The number of rotatable bonds is 1. The minimum Gasteiger partial charge on any atom is -0.299 e. The zero-order valence-electron chi connectivity index (χ0n) is 9.23. The highest BCUT2D eigenvalue weighted by atomic mass is 127. The zero-order valence-corrected chi connectivity index (χ0v) is 11.4. The molecular weight excluding hydrogens is 299 g/mol. The highest BCUT2D eigenvalue weighted by molar-refractivity contribution is 14.1. The third-order valence-electron chi connectivity index (χ3n) is 4.00. The lowest BCUT2D eigenvalue weighted by Gasteiger charge is -2.37. The SMILES string of the molecule is O=C1CCCCC12CCCCC=C2CI. The number of halogens is 1. The molecule has 0 bridgehead atoms. The van der Waals surface area contributed by atoms with E-state index in [2.05, 4.69) is 28.7 Å². The van der Waals surface area contributed by atoms with Gasteiger partial charge in [-0.25, -0.2) is 0 Å². The maximum Gasteiger partial charge on any atom is 0.143 e. The van der Waals surface area contributed by atoms with Gasteiger partial charge in [0.05, 0.1) is 5.41 Å². The van der Waals surface area contributed by atoms with Crippen LogP contribution in [-0.2, 0) is 4.79 Å². The highest BCUT2D eigenvalue weighted by Crippen LogP contribution is 2.46. The third kappa shape index (κ3) is 2.15. The molecule has 1 spiro atoms. The summed E-state index contributed by atoms with van der Waals surface area (Å²) < 4.78 is 1.05. The van der Waals surface area contributed by atoms with Crippen LogP contribution in [0.15, 0.2) is 11.6 Å². The minimum atomic E-state index is -0.0179. The molecule has 15 heavy (non-hydrogen) atoms. The number of alkyl halides is 1. The van der Waals surface area contributed by atoms with Gasteiger partial charge in [0.2, 0.25) is 0 Å².